The zero-order valence-corrected chi connectivity index (χ0v) is 7.69. The first-order chi connectivity index (χ1) is 5.68. The summed E-state index contributed by atoms with van der Waals surface area (Å²) < 4.78 is 0. The normalized spacial score (nSPS) is 27.4. The van der Waals surface area contributed by atoms with Gasteiger partial charge in [-0.25, -0.2) is 0 Å². The van der Waals surface area contributed by atoms with Gasteiger partial charge in [-0.15, -0.1) is 0 Å². The summed E-state index contributed by atoms with van der Waals surface area (Å²) in [6, 6.07) is 0. The summed E-state index contributed by atoms with van der Waals surface area (Å²) in [4.78, 5) is 23.7. The molecule has 0 saturated carbocycles. The van der Waals surface area contributed by atoms with Crippen molar-refractivity contribution in [2.45, 2.75) is 11.8 Å². The van der Waals surface area contributed by atoms with Gasteiger partial charge in [0.1, 0.15) is 5.70 Å². The van der Waals surface area contributed by atoms with E-state index in [4.69, 9.17) is 11.6 Å². The minimum absolute atomic E-state index is 0.0695. The van der Waals surface area contributed by atoms with E-state index < -0.39 is 5.24 Å². The van der Waals surface area contributed by atoms with E-state index in [1.165, 1.54) is 17.8 Å². The molecule has 0 aromatic rings. The lowest BCUT2D eigenvalue weighted by Gasteiger charge is -2.43. The lowest BCUT2D eigenvalue weighted by atomic mass is 10.2. The van der Waals surface area contributed by atoms with Crippen molar-refractivity contribution >= 4 is 33.7 Å². The first kappa shape index (κ1) is 8.13. The summed E-state index contributed by atoms with van der Waals surface area (Å²) in [5, 5.41) is -0.450. The van der Waals surface area contributed by atoms with Gasteiger partial charge in [0.15, 0.2) is 0 Å². The Labute approximate surface area is 78.7 Å². The van der Waals surface area contributed by atoms with Crippen molar-refractivity contribution in [2.24, 2.45) is 0 Å². The van der Waals surface area contributed by atoms with Crippen LogP contribution in [0.5, 0.6) is 0 Å². The molecule has 1 unspecified atom stereocenters. The predicted molar refractivity (Wildman–Crippen MR) is 46.7 cm³/mol. The molecule has 0 aromatic carbocycles. The average Bonchev–Trinajstić information content (AvgIpc) is 1.95. The molecule has 1 saturated heterocycles. The topological polar surface area (TPSA) is 37.4 Å². The molecule has 1 fully saturated rings. The Morgan fingerprint density at radius 1 is 1.75 bits per heavy atom. The highest BCUT2D eigenvalue weighted by molar-refractivity contribution is 8.14. The van der Waals surface area contributed by atoms with E-state index in [9.17, 15) is 9.59 Å². The van der Waals surface area contributed by atoms with Crippen LogP contribution in [-0.2, 0) is 9.59 Å². The molecule has 2 aliphatic heterocycles. The van der Waals surface area contributed by atoms with Crippen LogP contribution in [0.15, 0.2) is 11.8 Å². The smallest absolute Gasteiger partial charge is 0.268 e. The third-order valence-corrected chi connectivity index (χ3v) is 3.29. The van der Waals surface area contributed by atoms with E-state index >= 15 is 0 Å². The van der Waals surface area contributed by atoms with E-state index in [1.54, 1.807) is 0 Å². The van der Waals surface area contributed by atoms with E-state index in [1.807, 2.05) is 4.90 Å². The maximum absolute atomic E-state index is 11.0. The van der Waals surface area contributed by atoms with Gasteiger partial charge in [-0.1, -0.05) is 11.8 Å². The fourth-order valence-electron chi connectivity index (χ4n) is 1.29. The van der Waals surface area contributed by atoms with Crippen LogP contribution in [0.1, 0.15) is 6.42 Å². The third kappa shape index (κ3) is 1.15. The molecule has 0 spiro atoms. The van der Waals surface area contributed by atoms with Crippen LogP contribution < -0.4 is 0 Å². The van der Waals surface area contributed by atoms with Crippen LogP contribution in [0, 0.1) is 0 Å². The van der Waals surface area contributed by atoms with E-state index in [2.05, 4.69) is 0 Å². The second-order valence-corrected chi connectivity index (χ2v) is 4.20. The van der Waals surface area contributed by atoms with Gasteiger partial charge >= 0.3 is 0 Å². The number of nitrogens with zero attached hydrogens (tertiary/aromatic N) is 1. The number of carbonyl (C=O) groups is 2. The highest BCUT2D eigenvalue weighted by atomic mass is 35.5. The van der Waals surface area contributed by atoms with Crippen molar-refractivity contribution in [3.63, 3.8) is 0 Å². The largest absolute Gasteiger partial charge is 0.355 e. The first-order valence-electron chi connectivity index (χ1n) is 3.57. The molecular formula is C7H6ClNO2S. The maximum Gasteiger partial charge on any atom is 0.268 e. The summed E-state index contributed by atoms with van der Waals surface area (Å²) in [5.74, 6) is 0. The van der Waals surface area contributed by atoms with Crippen LogP contribution in [0.25, 0.3) is 0 Å². The highest BCUT2D eigenvalue weighted by Gasteiger charge is 2.37. The zero-order valence-electron chi connectivity index (χ0n) is 6.12. The van der Waals surface area contributed by atoms with Crippen LogP contribution in [0.2, 0.25) is 0 Å². The molecule has 64 valence electrons. The second kappa shape index (κ2) is 2.78. The molecule has 2 aliphatic rings. The lowest BCUT2D eigenvalue weighted by Crippen LogP contribution is -2.48. The van der Waals surface area contributed by atoms with E-state index in [-0.39, 0.29) is 10.5 Å². The molecule has 2 rings (SSSR count). The maximum atomic E-state index is 11.0. The Morgan fingerprint density at radius 3 is 3.00 bits per heavy atom. The van der Waals surface area contributed by atoms with Crippen molar-refractivity contribution in [1.29, 1.82) is 0 Å². The van der Waals surface area contributed by atoms with Gasteiger partial charge in [-0.3, -0.25) is 9.59 Å². The third-order valence-electron chi connectivity index (χ3n) is 1.98. The molecular weight excluding hydrogens is 198 g/mol. The fraction of sp³-hybridized carbons (Fsp3) is 0.429. The molecule has 2 heterocycles. The number of allylic oxidation sites excluding steroid dienone is 1. The standard InChI is InChI=1S/C7H6ClNO2S/c8-7(11)4-3-6(10)12-5-1-2-9(4)5/h3,5H,1-2H2. The van der Waals surface area contributed by atoms with Crippen molar-refractivity contribution in [2.75, 3.05) is 6.54 Å². The first-order valence-corrected chi connectivity index (χ1v) is 4.83. The predicted octanol–water partition coefficient (Wildman–Crippen LogP) is 0.941. The van der Waals surface area contributed by atoms with Gasteiger partial charge < -0.3 is 4.90 Å². The minimum Gasteiger partial charge on any atom is -0.355 e. The SMILES string of the molecule is O=C1C=C(C(=O)Cl)N2CCC2S1. The number of carbonyl (C=O) groups excluding carboxylic acids is 2. The molecule has 12 heavy (non-hydrogen) atoms. The molecule has 1 atom stereocenters. The number of thioether (sulfide) groups is 1. The van der Waals surface area contributed by atoms with Gasteiger partial charge in [-0.05, 0) is 18.0 Å². The van der Waals surface area contributed by atoms with Crippen molar-refractivity contribution < 1.29 is 9.59 Å². The quantitative estimate of drug-likeness (QED) is 0.595. The van der Waals surface area contributed by atoms with E-state index in [0.29, 0.717) is 5.70 Å². The Hall–Kier alpha value is -0.480. The highest BCUT2D eigenvalue weighted by Crippen LogP contribution is 2.36. The molecule has 0 amide bonds. The lowest BCUT2D eigenvalue weighted by molar-refractivity contribution is -0.112. The fourth-order valence-corrected chi connectivity index (χ4v) is 2.47. The van der Waals surface area contributed by atoms with E-state index in [0.717, 1.165) is 13.0 Å². The van der Waals surface area contributed by atoms with Crippen LogP contribution in [0.4, 0.5) is 0 Å². The molecule has 0 aliphatic carbocycles. The Kier molecular flexibility index (Phi) is 1.88. The number of halogens is 1. The number of hydrogen-bond donors (Lipinski definition) is 0. The zero-order chi connectivity index (χ0) is 8.72. The van der Waals surface area contributed by atoms with Crippen molar-refractivity contribution in [3.8, 4) is 0 Å². The number of fused-ring (bicyclic) bond motifs is 1. The summed E-state index contributed by atoms with van der Waals surface area (Å²) in [7, 11) is 0. The van der Waals surface area contributed by atoms with Crippen molar-refractivity contribution in [1.82, 2.24) is 4.90 Å². The second-order valence-electron chi connectivity index (χ2n) is 2.68. The Morgan fingerprint density at radius 2 is 2.50 bits per heavy atom. The summed E-state index contributed by atoms with van der Waals surface area (Å²) >= 11 is 6.56. The van der Waals surface area contributed by atoms with Gasteiger partial charge in [-0.2, -0.15) is 0 Å². The average molecular weight is 204 g/mol. The summed E-state index contributed by atoms with van der Waals surface area (Å²) in [6.45, 7) is 0.829. The van der Waals surface area contributed by atoms with Crippen LogP contribution in [-0.4, -0.2) is 27.2 Å². The summed E-state index contributed by atoms with van der Waals surface area (Å²) in [6.07, 6.45) is 2.27. The molecule has 0 aromatic heterocycles. The Bertz CT molecular complexity index is 289. The van der Waals surface area contributed by atoms with Crippen LogP contribution >= 0.6 is 23.4 Å². The van der Waals surface area contributed by atoms with Gasteiger partial charge in [0, 0.05) is 12.6 Å². The van der Waals surface area contributed by atoms with Gasteiger partial charge in [0.05, 0.1) is 5.37 Å². The molecule has 0 radical (unpaired) electrons. The number of rotatable bonds is 1. The van der Waals surface area contributed by atoms with Gasteiger partial charge in [0.25, 0.3) is 5.24 Å². The van der Waals surface area contributed by atoms with Crippen LogP contribution in [0.3, 0.4) is 0 Å². The molecule has 0 bridgehead atoms. The number of hydrogen-bond acceptors (Lipinski definition) is 4. The monoisotopic (exact) mass is 203 g/mol. The van der Waals surface area contributed by atoms with Crippen molar-refractivity contribution in [3.05, 3.63) is 11.8 Å². The molecule has 0 N–H and O–H groups in total. The molecule has 3 nitrogen and oxygen atoms in total. The van der Waals surface area contributed by atoms with Gasteiger partial charge in [0.2, 0.25) is 5.12 Å². The molecule has 5 heteroatoms. The Balaban J connectivity index is 2.29. The minimum atomic E-state index is -0.534. The summed E-state index contributed by atoms with van der Waals surface area (Å²) in [5.41, 5.74) is 0.358.